The molecule has 0 aromatic heterocycles. The van der Waals surface area contributed by atoms with Crippen LogP contribution in [-0.2, 0) is 10.3 Å². The number of benzene rings is 1. The molecule has 0 bridgehead atoms. The van der Waals surface area contributed by atoms with Crippen molar-refractivity contribution in [3.05, 3.63) is 23.8 Å². The predicted octanol–water partition coefficient (Wildman–Crippen LogP) is 0.463. The Morgan fingerprint density at radius 3 is 2.48 bits per heavy atom. The number of nitrogens with one attached hydrogen (secondary N) is 1. The standard InChI is InChI=1S/C14H18N2O5/c1-14(12(18)16(6-7-17)13(19)15-14)9-4-5-10(20-2)11(8-9)21-3/h4-5,8,17H,6-7H2,1-3H3,(H,15,19). The first-order valence-electron chi connectivity index (χ1n) is 6.45. The maximum Gasteiger partial charge on any atom is 0.325 e. The first-order valence-corrected chi connectivity index (χ1v) is 6.45. The van der Waals surface area contributed by atoms with Gasteiger partial charge in [-0.05, 0) is 24.6 Å². The van der Waals surface area contributed by atoms with Crippen molar-refractivity contribution >= 4 is 11.9 Å². The zero-order valence-corrected chi connectivity index (χ0v) is 12.2. The molecule has 114 valence electrons. The van der Waals surface area contributed by atoms with Gasteiger partial charge in [-0.15, -0.1) is 0 Å². The smallest absolute Gasteiger partial charge is 0.325 e. The lowest BCUT2D eigenvalue weighted by Crippen LogP contribution is -2.41. The molecule has 0 aliphatic carbocycles. The molecule has 7 heteroatoms. The quantitative estimate of drug-likeness (QED) is 0.770. The van der Waals surface area contributed by atoms with E-state index in [2.05, 4.69) is 5.32 Å². The fourth-order valence-corrected chi connectivity index (χ4v) is 2.34. The summed E-state index contributed by atoms with van der Waals surface area (Å²) < 4.78 is 10.4. The van der Waals surface area contributed by atoms with E-state index in [1.54, 1.807) is 25.1 Å². The molecular formula is C14H18N2O5. The molecular weight excluding hydrogens is 276 g/mol. The summed E-state index contributed by atoms with van der Waals surface area (Å²) >= 11 is 0. The highest BCUT2D eigenvalue weighted by Crippen LogP contribution is 2.35. The molecule has 1 aliphatic rings. The summed E-state index contributed by atoms with van der Waals surface area (Å²) in [6.07, 6.45) is 0. The molecule has 1 unspecified atom stereocenters. The second kappa shape index (κ2) is 5.61. The lowest BCUT2D eigenvalue weighted by atomic mass is 9.91. The van der Waals surface area contributed by atoms with Crippen LogP contribution in [-0.4, -0.2) is 49.3 Å². The van der Waals surface area contributed by atoms with Crippen molar-refractivity contribution < 1.29 is 24.2 Å². The highest BCUT2D eigenvalue weighted by atomic mass is 16.5. The number of rotatable bonds is 5. The molecule has 3 amide bonds. The molecule has 1 fully saturated rings. The van der Waals surface area contributed by atoms with Crippen molar-refractivity contribution in [1.29, 1.82) is 0 Å². The Morgan fingerprint density at radius 2 is 1.90 bits per heavy atom. The molecule has 1 aliphatic heterocycles. The van der Waals surface area contributed by atoms with Crippen molar-refractivity contribution in [3.8, 4) is 11.5 Å². The minimum Gasteiger partial charge on any atom is -0.493 e. The summed E-state index contributed by atoms with van der Waals surface area (Å²) in [5.74, 6) is 0.599. The summed E-state index contributed by atoms with van der Waals surface area (Å²) in [4.78, 5) is 25.3. The summed E-state index contributed by atoms with van der Waals surface area (Å²) in [5, 5.41) is 11.6. The van der Waals surface area contributed by atoms with Crippen LogP contribution in [0.15, 0.2) is 18.2 Å². The predicted molar refractivity (Wildman–Crippen MR) is 74.2 cm³/mol. The normalized spacial score (nSPS) is 21.4. The lowest BCUT2D eigenvalue weighted by molar-refractivity contribution is -0.131. The number of β-amino-alcohol motifs (C(OH)–C–C–N with tert-alkyl or cyclic N) is 1. The maximum atomic E-state index is 12.4. The van der Waals surface area contributed by atoms with E-state index in [1.807, 2.05) is 0 Å². The largest absolute Gasteiger partial charge is 0.493 e. The van der Waals surface area contributed by atoms with Crippen LogP contribution in [0.25, 0.3) is 0 Å². The van der Waals surface area contributed by atoms with Crippen LogP contribution in [0.1, 0.15) is 12.5 Å². The Hall–Kier alpha value is -2.28. The van der Waals surface area contributed by atoms with E-state index >= 15 is 0 Å². The van der Waals surface area contributed by atoms with E-state index in [0.29, 0.717) is 17.1 Å². The lowest BCUT2D eigenvalue weighted by Gasteiger charge is -2.23. The van der Waals surface area contributed by atoms with Gasteiger partial charge in [0.1, 0.15) is 5.54 Å². The Balaban J connectivity index is 2.41. The third-order valence-corrected chi connectivity index (χ3v) is 3.56. The van der Waals surface area contributed by atoms with Gasteiger partial charge in [-0.2, -0.15) is 0 Å². The zero-order chi connectivity index (χ0) is 15.6. The number of imide groups is 1. The van der Waals surface area contributed by atoms with Crippen LogP contribution < -0.4 is 14.8 Å². The third-order valence-electron chi connectivity index (χ3n) is 3.56. The number of hydrogen-bond acceptors (Lipinski definition) is 5. The summed E-state index contributed by atoms with van der Waals surface area (Å²) in [5.41, 5.74) is -0.606. The van der Waals surface area contributed by atoms with Gasteiger partial charge in [0, 0.05) is 0 Å². The van der Waals surface area contributed by atoms with E-state index in [9.17, 15) is 9.59 Å². The average Bonchev–Trinajstić information content (AvgIpc) is 2.71. The van der Waals surface area contributed by atoms with Crippen molar-refractivity contribution in [2.75, 3.05) is 27.4 Å². The molecule has 1 aromatic rings. The second-order valence-corrected chi connectivity index (χ2v) is 4.81. The van der Waals surface area contributed by atoms with Gasteiger partial charge in [0.2, 0.25) is 0 Å². The molecule has 21 heavy (non-hydrogen) atoms. The second-order valence-electron chi connectivity index (χ2n) is 4.81. The van der Waals surface area contributed by atoms with Crippen molar-refractivity contribution in [1.82, 2.24) is 10.2 Å². The number of aliphatic hydroxyl groups excluding tert-OH is 1. The third kappa shape index (κ3) is 2.40. The molecule has 2 rings (SSSR count). The Morgan fingerprint density at radius 1 is 1.24 bits per heavy atom. The Kier molecular flexibility index (Phi) is 4.04. The fourth-order valence-electron chi connectivity index (χ4n) is 2.34. The van der Waals surface area contributed by atoms with Crippen molar-refractivity contribution in [3.63, 3.8) is 0 Å². The summed E-state index contributed by atoms with van der Waals surface area (Å²) in [7, 11) is 3.02. The van der Waals surface area contributed by atoms with Gasteiger partial charge < -0.3 is 19.9 Å². The number of ether oxygens (including phenoxy) is 2. The minimum atomic E-state index is -1.19. The van der Waals surface area contributed by atoms with Crippen LogP contribution in [0.3, 0.4) is 0 Å². The number of urea groups is 1. The zero-order valence-electron chi connectivity index (χ0n) is 12.2. The van der Waals surface area contributed by atoms with E-state index in [0.717, 1.165) is 4.90 Å². The van der Waals surface area contributed by atoms with Gasteiger partial charge in [-0.3, -0.25) is 9.69 Å². The molecule has 0 radical (unpaired) electrons. The SMILES string of the molecule is COc1ccc(C2(C)NC(=O)N(CCO)C2=O)cc1OC. The van der Waals surface area contributed by atoms with Gasteiger partial charge in [0.15, 0.2) is 11.5 Å². The molecule has 2 N–H and O–H groups in total. The Labute approximate surface area is 122 Å². The highest BCUT2D eigenvalue weighted by molar-refractivity contribution is 6.07. The molecule has 1 aromatic carbocycles. The fraction of sp³-hybridized carbons (Fsp3) is 0.429. The van der Waals surface area contributed by atoms with Gasteiger partial charge in [-0.25, -0.2) is 4.79 Å². The number of nitrogens with zero attached hydrogens (tertiary/aromatic N) is 1. The number of methoxy groups -OCH3 is 2. The first-order chi connectivity index (χ1) is 9.97. The van der Waals surface area contributed by atoms with E-state index in [-0.39, 0.29) is 13.2 Å². The maximum absolute atomic E-state index is 12.4. The van der Waals surface area contributed by atoms with Crippen LogP contribution in [0.5, 0.6) is 11.5 Å². The van der Waals surface area contributed by atoms with Crippen molar-refractivity contribution in [2.24, 2.45) is 0 Å². The minimum absolute atomic E-state index is 0.0342. The topological polar surface area (TPSA) is 88.1 Å². The number of carbonyl (C=O) groups excluding carboxylic acids is 2. The number of aliphatic hydroxyl groups is 1. The molecule has 1 heterocycles. The first kappa shape index (κ1) is 15.1. The van der Waals surface area contributed by atoms with Crippen LogP contribution >= 0.6 is 0 Å². The van der Waals surface area contributed by atoms with Gasteiger partial charge in [0.05, 0.1) is 27.4 Å². The molecule has 0 saturated carbocycles. The van der Waals surface area contributed by atoms with E-state index in [4.69, 9.17) is 14.6 Å². The molecule has 0 spiro atoms. The molecule has 1 atom stereocenters. The van der Waals surface area contributed by atoms with Crippen molar-refractivity contribution in [2.45, 2.75) is 12.5 Å². The van der Waals surface area contributed by atoms with Crippen LogP contribution in [0.4, 0.5) is 4.79 Å². The molecule has 1 saturated heterocycles. The van der Waals surface area contributed by atoms with Gasteiger partial charge in [-0.1, -0.05) is 6.07 Å². The van der Waals surface area contributed by atoms with Crippen LogP contribution in [0, 0.1) is 0 Å². The van der Waals surface area contributed by atoms with E-state index in [1.165, 1.54) is 14.2 Å². The number of hydrogen-bond donors (Lipinski definition) is 2. The number of carbonyl (C=O) groups is 2. The highest BCUT2D eigenvalue weighted by Gasteiger charge is 2.48. The van der Waals surface area contributed by atoms with Crippen LogP contribution in [0.2, 0.25) is 0 Å². The summed E-state index contributed by atoms with van der Waals surface area (Å²) in [6.45, 7) is 1.31. The van der Waals surface area contributed by atoms with Gasteiger partial charge in [0.25, 0.3) is 5.91 Å². The summed E-state index contributed by atoms with van der Waals surface area (Å²) in [6, 6.07) is 4.50. The number of amides is 3. The Bertz CT molecular complexity index is 574. The molecule has 7 nitrogen and oxygen atoms in total. The average molecular weight is 294 g/mol. The van der Waals surface area contributed by atoms with E-state index < -0.39 is 17.5 Å². The van der Waals surface area contributed by atoms with Gasteiger partial charge >= 0.3 is 6.03 Å². The monoisotopic (exact) mass is 294 g/mol.